The fraction of sp³-hybridized carbons (Fsp3) is 0.500. The predicted molar refractivity (Wildman–Crippen MR) is 64.5 cm³/mol. The summed E-state index contributed by atoms with van der Waals surface area (Å²) in [4.78, 5) is 0. The van der Waals surface area contributed by atoms with E-state index in [1.54, 1.807) is 19.1 Å². The molecule has 0 spiro atoms. The molecule has 15 heavy (non-hydrogen) atoms. The van der Waals surface area contributed by atoms with E-state index in [9.17, 15) is 4.39 Å². The number of nitrogens with one attached hydrogen (secondary N) is 1. The Kier molecular flexibility index (Phi) is 12.0. The SMILES string of the molecule is CC.CC.Cc1c(F)cccc1NCO. The number of aliphatic hydroxyl groups is 1. The van der Waals surface area contributed by atoms with E-state index in [-0.39, 0.29) is 12.5 Å². The van der Waals surface area contributed by atoms with Crippen LogP contribution >= 0.6 is 0 Å². The third-order valence-electron chi connectivity index (χ3n) is 1.54. The number of aliphatic hydroxyl groups excluding tert-OH is 1. The van der Waals surface area contributed by atoms with Gasteiger partial charge in [-0.15, -0.1) is 0 Å². The van der Waals surface area contributed by atoms with Gasteiger partial charge in [0, 0.05) is 11.3 Å². The number of rotatable bonds is 2. The van der Waals surface area contributed by atoms with Crippen molar-refractivity contribution in [3.8, 4) is 0 Å². The Hall–Kier alpha value is -1.09. The molecule has 0 fully saturated rings. The molecule has 1 aromatic rings. The Morgan fingerprint density at radius 1 is 1.20 bits per heavy atom. The molecule has 0 aromatic heterocycles. The lowest BCUT2D eigenvalue weighted by Crippen LogP contribution is -2.01. The Morgan fingerprint density at radius 2 is 1.73 bits per heavy atom. The molecular weight excluding hydrogens is 193 g/mol. The molecule has 2 nitrogen and oxygen atoms in total. The van der Waals surface area contributed by atoms with E-state index in [0.717, 1.165) is 0 Å². The molecule has 1 aromatic carbocycles. The van der Waals surface area contributed by atoms with Gasteiger partial charge in [0.2, 0.25) is 0 Å². The summed E-state index contributed by atoms with van der Waals surface area (Å²) < 4.78 is 12.8. The van der Waals surface area contributed by atoms with Gasteiger partial charge in [-0.2, -0.15) is 0 Å². The highest BCUT2D eigenvalue weighted by Crippen LogP contribution is 2.16. The molecule has 0 aliphatic carbocycles. The smallest absolute Gasteiger partial charge is 0.128 e. The van der Waals surface area contributed by atoms with E-state index in [4.69, 9.17) is 5.11 Å². The van der Waals surface area contributed by atoms with Crippen molar-refractivity contribution in [2.24, 2.45) is 0 Å². The van der Waals surface area contributed by atoms with E-state index < -0.39 is 0 Å². The third kappa shape index (κ3) is 6.07. The average Bonchev–Trinajstić information content (AvgIpc) is 2.31. The van der Waals surface area contributed by atoms with Crippen LogP contribution in [0.4, 0.5) is 10.1 Å². The van der Waals surface area contributed by atoms with Gasteiger partial charge >= 0.3 is 0 Å². The van der Waals surface area contributed by atoms with Crippen molar-refractivity contribution in [2.75, 3.05) is 12.0 Å². The highest BCUT2D eigenvalue weighted by atomic mass is 19.1. The molecule has 0 radical (unpaired) electrons. The first-order valence-electron chi connectivity index (χ1n) is 5.35. The summed E-state index contributed by atoms with van der Waals surface area (Å²) >= 11 is 0. The maximum atomic E-state index is 12.8. The van der Waals surface area contributed by atoms with Gasteiger partial charge in [-0.1, -0.05) is 33.8 Å². The lowest BCUT2D eigenvalue weighted by molar-refractivity contribution is 0.325. The maximum absolute atomic E-state index is 12.8. The van der Waals surface area contributed by atoms with E-state index in [1.165, 1.54) is 6.07 Å². The molecule has 0 atom stereocenters. The second kappa shape index (κ2) is 11.0. The molecule has 0 unspecified atom stereocenters. The summed E-state index contributed by atoms with van der Waals surface area (Å²) in [5.41, 5.74) is 1.16. The maximum Gasteiger partial charge on any atom is 0.128 e. The van der Waals surface area contributed by atoms with E-state index in [1.807, 2.05) is 27.7 Å². The Morgan fingerprint density at radius 3 is 2.20 bits per heavy atom. The third-order valence-corrected chi connectivity index (χ3v) is 1.54. The largest absolute Gasteiger partial charge is 0.377 e. The predicted octanol–water partition coefficient (Wildman–Crippen LogP) is 3.55. The number of benzene rings is 1. The minimum Gasteiger partial charge on any atom is -0.377 e. The van der Waals surface area contributed by atoms with Crippen LogP contribution in [-0.4, -0.2) is 11.8 Å². The summed E-state index contributed by atoms with van der Waals surface area (Å²) in [7, 11) is 0. The van der Waals surface area contributed by atoms with E-state index >= 15 is 0 Å². The van der Waals surface area contributed by atoms with Crippen LogP contribution in [0.15, 0.2) is 18.2 Å². The van der Waals surface area contributed by atoms with Crippen LogP contribution in [0.5, 0.6) is 0 Å². The zero-order valence-electron chi connectivity index (χ0n) is 10.3. The second-order valence-corrected chi connectivity index (χ2v) is 2.25. The summed E-state index contributed by atoms with van der Waals surface area (Å²) in [6, 6.07) is 4.70. The Labute approximate surface area is 92.1 Å². The zero-order valence-corrected chi connectivity index (χ0v) is 10.3. The van der Waals surface area contributed by atoms with E-state index in [2.05, 4.69) is 5.32 Å². The normalized spacial score (nSPS) is 7.93. The van der Waals surface area contributed by atoms with Crippen LogP contribution in [-0.2, 0) is 0 Å². The second-order valence-electron chi connectivity index (χ2n) is 2.25. The monoisotopic (exact) mass is 215 g/mol. The van der Waals surface area contributed by atoms with Crippen molar-refractivity contribution in [3.05, 3.63) is 29.6 Å². The minimum atomic E-state index is -0.261. The van der Waals surface area contributed by atoms with Gasteiger partial charge in [-0.05, 0) is 19.1 Å². The molecular formula is C12H22FNO. The number of anilines is 1. The highest BCUT2D eigenvalue weighted by molar-refractivity contribution is 5.50. The Balaban J connectivity index is 0. The van der Waals surface area contributed by atoms with Gasteiger partial charge in [0.15, 0.2) is 0 Å². The van der Waals surface area contributed by atoms with E-state index in [0.29, 0.717) is 11.3 Å². The molecule has 0 saturated carbocycles. The van der Waals surface area contributed by atoms with Crippen LogP contribution in [0.2, 0.25) is 0 Å². The molecule has 88 valence electrons. The average molecular weight is 215 g/mol. The van der Waals surface area contributed by atoms with Gasteiger partial charge in [0.05, 0.1) is 0 Å². The summed E-state index contributed by atoms with van der Waals surface area (Å²) in [5, 5.41) is 11.1. The standard InChI is InChI=1S/C8H10FNO.2C2H6/c1-6-7(9)3-2-4-8(6)10-5-11;2*1-2/h2-4,10-11H,5H2,1H3;2*1-2H3. The number of hydrogen-bond acceptors (Lipinski definition) is 2. The molecule has 0 saturated heterocycles. The topological polar surface area (TPSA) is 32.3 Å². The fourth-order valence-corrected chi connectivity index (χ4v) is 0.884. The van der Waals surface area contributed by atoms with Crippen molar-refractivity contribution in [1.82, 2.24) is 0 Å². The summed E-state index contributed by atoms with van der Waals surface area (Å²) in [6.45, 7) is 9.48. The van der Waals surface area contributed by atoms with Crippen LogP contribution in [0.1, 0.15) is 33.3 Å². The van der Waals surface area contributed by atoms with Crippen LogP contribution in [0.25, 0.3) is 0 Å². The fourth-order valence-electron chi connectivity index (χ4n) is 0.884. The zero-order chi connectivity index (χ0) is 12.3. The van der Waals surface area contributed by atoms with Crippen LogP contribution < -0.4 is 5.32 Å². The minimum absolute atomic E-state index is 0.176. The lowest BCUT2D eigenvalue weighted by Gasteiger charge is -2.05. The molecule has 0 aliphatic heterocycles. The van der Waals surface area contributed by atoms with Crippen LogP contribution in [0.3, 0.4) is 0 Å². The highest BCUT2D eigenvalue weighted by Gasteiger charge is 2.00. The number of halogens is 1. The first kappa shape index (κ1) is 16.3. The molecule has 1 rings (SSSR count). The van der Waals surface area contributed by atoms with Gasteiger partial charge in [0.1, 0.15) is 12.5 Å². The number of hydrogen-bond donors (Lipinski definition) is 2. The van der Waals surface area contributed by atoms with Crippen molar-refractivity contribution >= 4 is 5.69 Å². The molecule has 0 heterocycles. The van der Waals surface area contributed by atoms with Crippen molar-refractivity contribution in [3.63, 3.8) is 0 Å². The first-order valence-corrected chi connectivity index (χ1v) is 5.35. The molecule has 0 amide bonds. The first-order chi connectivity index (χ1) is 7.25. The van der Waals surface area contributed by atoms with Gasteiger partial charge in [0.25, 0.3) is 0 Å². The quantitative estimate of drug-likeness (QED) is 0.739. The van der Waals surface area contributed by atoms with Gasteiger partial charge < -0.3 is 10.4 Å². The lowest BCUT2D eigenvalue weighted by atomic mass is 10.2. The van der Waals surface area contributed by atoms with Gasteiger partial charge in [-0.3, -0.25) is 0 Å². The van der Waals surface area contributed by atoms with Gasteiger partial charge in [-0.25, -0.2) is 4.39 Å². The summed E-state index contributed by atoms with van der Waals surface area (Å²) in [6.07, 6.45) is 0. The molecule has 0 bridgehead atoms. The summed E-state index contributed by atoms with van der Waals surface area (Å²) in [5.74, 6) is -0.261. The Bertz CT molecular complexity index is 251. The molecule has 3 heteroatoms. The van der Waals surface area contributed by atoms with Crippen molar-refractivity contribution < 1.29 is 9.50 Å². The van der Waals surface area contributed by atoms with Crippen LogP contribution in [0, 0.1) is 12.7 Å². The van der Waals surface area contributed by atoms with Crippen molar-refractivity contribution in [1.29, 1.82) is 0 Å². The van der Waals surface area contributed by atoms with Crippen molar-refractivity contribution in [2.45, 2.75) is 34.6 Å². The molecule has 2 N–H and O–H groups in total. The molecule has 0 aliphatic rings.